The average Bonchev–Trinajstić information content (AvgIpc) is 3.46. The number of nitrogens with zero attached hydrogens (tertiary/aromatic N) is 2. The molecular weight excluding hydrogens is 396 g/mol. The molecular formula is C24H18N2O5. The standard InChI is InChI=1S/C24H18N2O5/c27-20(11-4-14-2-1-3-19(12-14)26(30)31)15-7-9-18(10-8-15)25-23(28)21-16-5-6-17(13-16)22(21)24(25)29/h1-12,16-17,21-22H,13H2/b11-4+/t16-,17-,21+,22+/m0/s1. The molecule has 2 bridgehead atoms. The molecule has 1 aliphatic heterocycles. The van der Waals surface area contributed by atoms with Gasteiger partial charge < -0.3 is 0 Å². The lowest BCUT2D eigenvalue weighted by Gasteiger charge is -2.17. The third-order valence-corrected chi connectivity index (χ3v) is 6.39. The summed E-state index contributed by atoms with van der Waals surface area (Å²) >= 11 is 0. The van der Waals surface area contributed by atoms with Crippen molar-refractivity contribution in [3.05, 3.63) is 88.0 Å². The Labute approximate surface area is 177 Å². The van der Waals surface area contributed by atoms with Gasteiger partial charge in [0.25, 0.3) is 5.69 Å². The number of hydrogen-bond donors (Lipinski definition) is 0. The number of carbonyl (C=O) groups excluding carboxylic acids is 3. The largest absolute Gasteiger partial charge is 0.289 e. The topological polar surface area (TPSA) is 97.6 Å². The molecule has 1 heterocycles. The van der Waals surface area contributed by atoms with Gasteiger partial charge in [0, 0.05) is 17.7 Å². The number of benzene rings is 2. The van der Waals surface area contributed by atoms with Gasteiger partial charge in [-0.05, 0) is 54.2 Å². The van der Waals surface area contributed by atoms with Crippen LogP contribution in [0.1, 0.15) is 22.3 Å². The SMILES string of the molecule is O=C(/C=C/c1cccc([N+](=O)[O-])c1)c1ccc(N2C(=O)[C@H]3[C@H](C2=O)[C@H]2C=C[C@H]3C2)cc1. The van der Waals surface area contributed by atoms with Gasteiger partial charge in [0.2, 0.25) is 11.8 Å². The van der Waals surface area contributed by atoms with Crippen molar-refractivity contribution < 1.29 is 19.3 Å². The second-order valence-corrected chi connectivity index (χ2v) is 8.11. The van der Waals surface area contributed by atoms with Crippen molar-refractivity contribution in [2.45, 2.75) is 6.42 Å². The number of nitro groups is 1. The van der Waals surface area contributed by atoms with E-state index in [9.17, 15) is 24.5 Å². The second kappa shape index (κ2) is 7.12. The quantitative estimate of drug-likeness (QED) is 0.185. The number of hydrogen-bond acceptors (Lipinski definition) is 5. The van der Waals surface area contributed by atoms with E-state index >= 15 is 0 Å². The van der Waals surface area contributed by atoms with Crippen molar-refractivity contribution in [2.24, 2.45) is 23.7 Å². The minimum absolute atomic E-state index is 0.0488. The van der Waals surface area contributed by atoms with Gasteiger partial charge in [0.05, 0.1) is 22.4 Å². The highest BCUT2D eigenvalue weighted by Crippen LogP contribution is 2.53. The molecule has 1 saturated heterocycles. The minimum atomic E-state index is -0.492. The van der Waals surface area contributed by atoms with Crippen LogP contribution < -0.4 is 4.90 Å². The van der Waals surface area contributed by atoms with Crippen LogP contribution in [0.5, 0.6) is 0 Å². The Morgan fingerprint density at radius 2 is 1.65 bits per heavy atom. The Bertz CT molecular complexity index is 1150. The molecule has 0 spiro atoms. The molecule has 7 nitrogen and oxygen atoms in total. The number of fused-ring (bicyclic) bond motifs is 5. The van der Waals surface area contributed by atoms with Gasteiger partial charge >= 0.3 is 0 Å². The number of rotatable bonds is 5. The van der Waals surface area contributed by atoms with Crippen LogP contribution in [0.15, 0.2) is 66.8 Å². The van der Waals surface area contributed by atoms with E-state index in [-0.39, 0.29) is 47.0 Å². The first-order valence-corrected chi connectivity index (χ1v) is 10.1. The highest BCUT2D eigenvalue weighted by Gasteiger charge is 2.59. The van der Waals surface area contributed by atoms with Crippen LogP contribution in [0, 0.1) is 33.8 Å². The Morgan fingerprint density at radius 1 is 1.00 bits per heavy atom. The molecule has 4 atom stereocenters. The average molecular weight is 414 g/mol. The molecule has 1 saturated carbocycles. The molecule has 3 aliphatic rings. The van der Waals surface area contributed by atoms with Crippen LogP contribution in [-0.2, 0) is 9.59 Å². The highest BCUT2D eigenvalue weighted by atomic mass is 16.6. The first kappa shape index (κ1) is 19.1. The number of carbonyl (C=O) groups is 3. The highest BCUT2D eigenvalue weighted by molar-refractivity contribution is 6.23. The van der Waals surface area contributed by atoms with E-state index in [1.165, 1.54) is 29.2 Å². The molecule has 2 aromatic carbocycles. The van der Waals surface area contributed by atoms with E-state index in [1.54, 1.807) is 36.4 Å². The van der Waals surface area contributed by atoms with Crippen molar-refractivity contribution in [2.75, 3.05) is 4.90 Å². The summed E-state index contributed by atoms with van der Waals surface area (Å²) in [5.41, 5.74) is 1.36. The molecule has 0 radical (unpaired) electrons. The van der Waals surface area contributed by atoms with Gasteiger partial charge in [-0.15, -0.1) is 0 Å². The maximum absolute atomic E-state index is 12.9. The summed E-state index contributed by atoms with van der Waals surface area (Å²) in [6.07, 6.45) is 7.84. The van der Waals surface area contributed by atoms with E-state index in [4.69, 9.17) is 0 Å². The number of ketones is 1. The summed E-state index contributed by atoms with van der Waals surface area (Å²) in [6, 6.07) is 12.4. The van der Waals surface area contributed by atoms with Gasteiger partial charge in [-0.1, -0.05) is 30.4 Å². The number of imide groups is 1. The third-order valence-electron chi connectivity index (χ3n) is 6.39. The predicted octanol–water partition coefficient (Wildman–Crippen LogP) is 3.80. The van der Waals surface area contributed by atoms with Crippen molar-refractivity contribution in [1.29, 1.82) is 0 Å². The predicted molar refractivity (Wildman–Crippen MR) is 113 cm³/mol. The van der Waals surface area contributed by atoms with Gasteiger partial charge in [0.15, 0.2) is 5.78 Å². The number of allylic oxidation sites excluding steroid dienone is 3. The lowest BCUT2D eigenvalue weighted by atomic mass is 9.85. The second-order valence-electron chi connectivity index (χ2n) is 8.11. The zero-order valence-electron chi connectivity index (χ0n) is 16.4. The van der Waals surface area contributed by atoms with Gasteiger partial charge in [0.1, 0.15) is 0 Å². The molecule has 2 fully saturated rings. The number of nitro benzene ring substituents is 1. The first-order valence-electron chi connectivity index (χ1n) is 10.1. The smallest absolute Gasteiger partial charge is 0.270 e. The molecule has 0 aromatic heterocycles. The summed E-state index contributed by atoms with van der Waals surface area (Å²) in [5.74, 6) is -0.819. The van der Waals surface area contributed by atoms with Crippen LogP contribution in [0.2, 0.25) is 0 Å². The maximum Gasteiger partial charge on any atom is 0.270 e. The summed E-state index contributed by atoms with van der Waals surface area (Å²) in [7, 11) is 0. The zero-order valence-corrected chi connectivity index (χ0v) is 16.4. The summed E-state index contributed by atoms with van der Waals surface area (Å²) in [5, 5.41) is 10.9. The van der Waals surface area contributed by atoms with E-state index in [1.807, 2.05) is 0 Å². The van der Waals surface area contributed by atoms with Crippen molar-refractivity contribution >= 4 is 35.0 Å². The van der Waals surface area contributed by atoms with E-state index in [0.717, 1.165) is 6.42 Å². The number of non-ortho nitro benzene ring substituents is 1. The van der Waals surface area contributed by atoms with Crippen LogP contribution in [-0.4, -0.2) is 22.5 Å². The van der Waals surface area contributed by atoms with Crippen LogP contribution >= 0.6 is 0 Å². The molecule has 5 rings (SSSR count). The molecule has 2 amide bonds. The lowest BCUT2D eigenvalue weighted by molar-refractivity contribution is -0.384. The fourth-order valence-corrected chi connectivity index (χ4v) is 4.94. The lowest BCUT2D eigenvalue weighted by Crippen LogP contribution is -2.32. The maximum atomic E-state index is 12.9. The van der Waals surface area contributed by atoms with E-state index < -0.39 is 4.92 Å². The van der Waals surface area contributed by atoms with E-state index in [2.05, 4.69) is 12.2 Å². The summed E-state index contributed by atoms with van der Waals surface area (Å²) in [4.78, 5) is 49.9. The monoisotopic (exact) mass is 414 g/mol. The van der Waals surface area contributed by atoms with Crippen molar-refractivity contribution in [3.63, 3.8) is 0 Å². The molecule has 0 unspecified atom stereocenters. The molecule has 2 aliphatic carbocycles. The zero-order chi connectivity index (χ0) is 21.7. The molecule has 154 valence electrons. The number of anilines is 1. The number of amides is 2. The first-order chi connectivity index (χ1) is 14.9. The fourth-order valence-electron chi connectivity index (χ4n) is 4.94. The Morgan fingerprint density at radius 3 is 2.26 bits per heavy atom. The summed E-state index contributed by atoms with van der Waals surface area (Å²) < 4.78 is 0. The van der Waals surface area contributed by atoms with Gasteiger partial charge in [-0.3, -0.25) is 29.4 Å². The Balaban J connectivity index is 1.32. The molecule has 2 aromatic rings. The van der Waals surface area contributed by atoms with E-state index in [0.29, 0.717) is 16.8 Å². The minimum Gasteiger partial charge on any atom is -0.289 e. The van der Waals surface area contributed by atoms with Crippen molar-refractivity contribution in [3.8, 4) is 0 Å². The molecule has 31 heavy (non-hydrogen) atoms. The van der Waals surface area contributed by atoms with Crippen LogP contribution in [0.3, 0.4) is 0 Å². The fraction of sp³-hybridized carbons (Fsp3) is 0.208. The Hall–Kier alpha value is -3.87. The Kier molecular flexibility index (Phi) is 4.39. The van der Waals surface area contributed by atoms with Crippen molar-refractivity contribution in [1.82, 2.24) is 0 Å². The normalized spacial score (nSPS) is 26.1. The van der Waals surface area contributed by atoms with Crippen LogP contribution in [0.25, 0.3) is 6.08 Å². The van der Waals surface area contributed by atoms with Crippen LogP contribution in [0.4, 0.5) is 11.4 Å². The third kappa shape index (κ3) is 3.09. The molecule has 0 N–H and O–H groups in total. The van der Waals surface area contributed by atoms with Gasteiger partial charge in [-0.2, -0.15) is 0 Å². The summed E-state index contributed by atoms with van der Waals surface area (Å²) in [6.45, 7) is 0. The van der Waals surface area contributed by atoms with Gasteiger partial charge in [-0.25, -0.2) is 0 Å². The molecule has 7 heteroatoms.